The Balaban J connectivity index is 1.29. The van der Waals surface area contributed by atoms with Gasteiger partial charge in [-0.25, -0.2) is 4.39 Å². The van der Waals surface area contributed by atoms with Crippen LogP contribution in [-0.2, 0) is 21.9 Å². The number of rotatable bonds is 14. The minimum atomic E-state index is -0.987. The third-order valence-electron chi connectivity index (χ3n) is 8.18. The number of carbonyl (C=O) groups is 2. The molecule has 50 heavy (non-hydrogen) atoms. The van der Waals surface area contributed by atoms with Gasteiger partial charge in [0, 0.05) is 11.3 Å². The lowest BCUT2D eigenvalue weighted by Crippen LogP contribution is -2.29. The van der Waals surface area contributed by atoms with Gasteiger partial charge < -0.3 is 14.6 Å². The Morgan fingerprint density at radius 2 is 1.66 bits per heavy atom. The third-order valence-corrected chi connectivity index (χ3v) is 10.3. The van der Waals surface area contributed by atoms with Crippen molar-refractivity contribution in [1.82, 2.24) is 10.2 Å². The fourth-order valence-corrected chi connectivity index (χ4v) is 7.43. The highest BCUT2D eigenvalue weighted by atomic mass is 32.2. The maximum Gasteiger partial charge on any atom is 0.301 e. The molecular weight excluding hydrogens is 674 g/mol. The predicted octanol–water partition coefficient (Wildman–Crippen LogP) is 9.05. The first-order chi connectivity index (χ1) is 24.3. The summed E-state index contributed by atoms with van der Waals surface area (Å²) < 4.78 is 26.6. The average Bonchev–Trinajstić information content (AvgIpc) is 3.70. The number of aryl methyl sites for hydroxylation is 1. The van der Waals surface area contributed by atoms with E-state index in [1.807, 2.05) is 31.2 Å². The van der Waals surface area contributed by atoms with Crippen molar-refractivity contribution in [1.29, 1.82) is 0 Å². The van der Waals surface area contributed by atoms with Gasteiger partial charge in [-0.15, -0.1) is 10.2 Å². The molecule has 2 heterocycles. The van der Waals surface area contributed by atoms with Crippen LogP contribution < -0.4 is 14.4 Å². The van der Waals surface area contributed by atoms with Crippen molar-refractivity contribution in [2.24, 2.45) is 0 Å². The van der Waals surface area contributed by atoms with Crippen molar-refractivity contribution in [2.45, 2.75) is 55.9 Å². The van der Waals surface area contributed by atoms with E-state index in [0.29, 0.717) is 51.5 Å². The molecule has 1 fully saturated rings. The minimum Gasteiger partial charge on any atom is -0.507 e. The maximum absolute atomic E-state index is 14.2. The van der Waals surface area contributed by atoms with Crippen molar-refractivity contribution in [3.8, 4) is 11.5 Å². The molecule has 1 aliphatic heterocycles. The molecule has 5 aromatic rings. The second-order valence-corrected chi connectivity index (χ2v) is 14.0. The molecule has 1 saturated heterocycles. The van der Waals surface area contributed by atoms with Crippen LogP contribution in [0.25, 0.3) is 5.76 Å². The van der Waals surface area contributed by atoms with Crippen LogP contribution in [0, 0.1) is 12.7 Å². The predicted molar refractivity (Wildman–Crippen MR) is 194 cm³/mol. The number of benzene rings is 4. The van der Waals surface area contributed by atoms with Gasteiger partial charge >= 0.3 is 5.91 Å². The van der Waals surface area contributed by atoms with Gasteiger partial charge in [-0.2, -0.15) is 0 Å². The summed E-state index contributed by atoms with van der Waals surface area (Å²) in [4.78, 5) is 28.7. The van der Waals surface area contributed by atoms with Crippen LogP contribution >= 0.6 is 23.1 Å². The van der Waals surface area contributed by atoms with Gasteiger partial charge in [0.1, 0.15) is 29.7 Å². The zero-order chi connectivity index (χ0) is 35.0. The number of amides is 1. The number of nitrogens with zero attached hydrogens (tertiary/aromatic N) is 3. The van der Waals surface area contributed by atoms with Gasteiger partial charge in [-0.05, 0) is 72.5 Å². The van der Waals surface area contributed by atoms with Gasteiger partial charge in [0.2, 0.25) is 5.13 Å². The van der Waals surface area contributed by atoms with Crippen molar-refractivity contribution >= 4 is 45.7 Å². The highest BCUT2D eigenvalue weighted by Crippen LogP contribution is 2.44. The lowest BCUT2D eigenvalue weighted by atomic mass is 9.95. The number of Topliss-reactive ketones (excluding diaryl/α,β-unsaturated/α-hetero) is 1. The Bertz CT molecular complexity index is 2000. The SMILES string of the molecule is CCCCCOc1ccc(C2/C(=C(\O)c3ccc(OCc4cccc(C)c4)cc3)C(=O)C(=O)N2c2nnc(SCc3ccccc3F)s2)cc1. The Kier molecular flexibility index (Phi) is 11.2. The van der Waals surface area contributed by atoms with Crippen LogP contribution in [0.4, 0.5) is 9.52 Å². The van der Waals surface area contributed by atoms with E-state index in [1.54, 1.807) is 66.7 Å². The topological polar surface area (TPSA) is 102 Å². The molecule has 0 saturated carbocycles. The van der Waals surface area contributed by atoms with Crippen molar-refractivity contribution < 1.29 is 28.6 Å². The molecule has 0 spiro atoms. The van der Waals surface area contributed by atoms with E-state index in [1.165, 1.54) is 22.7 Å². The molecule has 1 aromatic heterocycles. The molecular formula is C39H36FN3O5S2. The second-order valence-electron chi connectivity index (χ2n) is 11.8. The van der Waals surface area contributed by atoms with E-state index in [4.69, 9.17) is 9.47 Å². The van der Waals surface area contributed by atoms with E-state index < -0.39 is 17.7 Å². The monoisotopic (exact) mass is 709 g/mol. The Morgan fingerprint density at radius 3 is 2.40 bits per heavy atom. The van der Waals surface area contributed by atoms with Crippen LogP contribution in [0.5, 0.6) is 11.5 Å². The molecule has 1 atom stereocenters. The van der Waals surface area contributed by atoms with Crippen molar-refractivity contribution in [3.05, 3.63) is 136 Å². The van der Waals surface area contributed by atoms with Crippen LogP contribution in [0.3, 0.4) is 0 Å². The largest absolute Gasteiger partial charge is 0.507 e. The highest BCUT2D eigenvalue weighted by molar-refractivity contribution is 8.00. The smallest absolute Gasteiger partial charge is 0.301 e. The molecule has 1 N–H and O–H groups in total. The van der Waals surface area contributed by atoms with Crippen molar-refractivity contribution in [2.75, 3.05) is 11.5 Å². The normalized spacial score (nSPS) is 15.4. The average molecular weight is 710 g/mol. The lowest BCUT2D eigenvalue weighted by Gasteiger charge is -2.22. The van der Waals surface area contributed by atoms with E-state index in [9.17, 15) is 19.1 Å². The summed E-state index contributed by atoms with van der Waals surface area (Å²) in [6.45, 7) is 5.10. The maximum atomic E-state index is 14.2. The zero-order valence-electron chi connectivity index (χ0n) is 27.7. The summed E-state index contributed by atoms with van der Waals surface area (Å²) in [6.07, 6.45) is 3.08. The molecule has 1 aliphatic rings. The summed E-state index contributed by atoms with van der Waals surface area (Å²) >= 11 is 2.40. The van der Waals surface area contributed by atoms with Crippen LogP contribution in [-0.4, -0.2) is 33.6 Å². The number of thioether (sulfide) groups is 1. The quantitative estimate of drug-likeness (QED) is 0.0304. The molecule has 256 valence electrons. The first-order valence-corrected chi connectivity index (χ1v) is 18.1. The highest BCUT2D eigenvalue weighted by Gasteiger charge is 2.48. The molecule has 1 amide bonds. The number of anilines is 1. The molecule has 0 aliphatic carbocycles. The standard InChI is InChI=1S/C39H36FN3O5S2/c1-3-4-7-21-47-30-17-13-27(14-18-30)34-33(35(44)28-15-19-31(20-16-28)48-23-26-10-8-9-25(2)22-26)36(45)37(46)43(34)38-41-42-39(50-38)49-24-29-11-5-6-12-32(29)40/h5-6,8-20,22,34,44H,3-4,7,21,23-24H2,1-2H3/b35-33+. The number of unbranched alkanes of at least 4 members (excludes halogenated alkanes) is 2. The Labute approximate surface area is 298 Å². The van der Waals surface area contributed by atoms with E-state index in [-0.39, 0.29) is 22.3 Å². The zero-order valence-corrected chi connectivity index (χ0v) is 29.3. The molecule has 6 rings (SSSR count). The number of carbonyl (C=O) groups excluding carboxylic acids is 2. The third kappa shape index (κ3) is 8.06. The van der Waals surface area contributed by atoms with Gasteiger partial charge in [0.25, 0.3) is 5.78 Å². The number of ketones is 1. The number of hydrogen-bond donors (Lipinski definition) is 1. The molecule has 0 radical (unpaired) electrons. The van der Waals surface area contributed by atoms with Gasteiger partial charge in [-0.1, -0.05) is 103 Å². The fourth-order valence-electron chi connectivity index (χ4n) is 5.58. The van der Waals surface area contributed by atoms with Gasteiger partial charge in [0.15, 0.2) is 4.34 Å². The fraction of sp³-hybridized carbons (Fsp3) is 0.231. The number of aromatic nitrogens is 2. The summed E-state index contributed by atoms with van der Waals surface area (Å²) in [6, 6.07) is 27.4. The first-order valence-electron chi connectivity index (χ1n) is 16.3. The summed E-state index contributed by atoms with van der Waals surface area (Å²) in [5, 5.41) is 20.3. The molecule has 8 nitrogen and oxygen atoms in total. The minimum absolute atomic E-state index is 0.0733. The summed E-state index contributed by atoms with van der Waals surface area (Å²) in [5.74, 6) is -0.763. The van der Waals surface area contributed by atoms with E-state index in [2.05, 4.69) is 17.1 Å². The number of hydrogen-bond acceptors (Lipinski definition) is 9. The summed E-state index contributed by atoms with van der Waals surface area (Å²) in [5.41, 5.74) is 3.54. The van der Waals surface area contributed by atoms with Crippen LogP contribution in [0.15, 0.2) is 107 Å². The van der Waals surface area contributed by atoms with Gasteiger partial charge in [0.05, 0.1) is 18.2 Å². The second kappa shape index (κ2) is 16.1. The summed E-state index contributed by atoms with van der Waals surface area (Å²) in [7, 11) is 0. The van der Waals surface area contributed by atoms with Crippen LogP contribution in [0.1, 0.15) is 60.0 Å². The number of ether oxygens (including phenoxy) is 2. The molecule has 11 heteroatoms. The van der Waals surface area contributed by atoms with E-state index in [0.717, 1.165) is 41.7 Å². The lowest BCUT2D eigenvalue weighted by molar-refractivity contribution is -0.132. The number of aliphatic hydroxyl groups excluding tert-OH is 1. The van der Waals surface area contributed by atoms with E-state index >= 15 is 0 Å². The number of halogens is 1. The first kappa shape index (κ1) is 34.8. The molecule has 4 aromatic carbocycles. The van der Waals surface area contributed by atoms with Crippen LogP contribution in [0.2, 0.25) is 0 Å². The van der Waals surface area contributed by atoms with Crippen molar-refractivity contribution in [3.63, 3.8) is 0 Å². The Hall–Kier alpha value is -5.00. The van der Waals surface area contributed by atoms with Gasteiger partial charge in [-0.3, -0.25) is 14.5 Å². The Morgan fingerprint density at radius 1 is 0.920 bits per heavy atom. The molecule has 0 bridgehead atoms. The number of aliphatic hydroxyl groups is 1. The molecule has 1 unspecified atom stereocenters.